The highest BCUT2D eigenvalue weighted by atomic mass is 16.3. The van der Waals surface area contributed by atoms with E-state index >= 15 is 0 Å². The van der Waals surface area contributed by atoms with Crippen LogP contribution in [0.5, 0.6) is 17.2 Å². The van der Waals surface area contributed by atoms with Crippen molar-refractivity contribution in [1.82, 2.24) is 0 Å². The van der Waals surface area contributed by atoms with Crippen molar-refractivity contribution in [2.45, 2.75) is 32.6 Å². The second kappa shape index (κ2) is 4.92. The van der Waals surface area contributed by atoms with Gasteiger partial charge in [0, 0.05) is 5.92 Å². The van der Waals surface area contributed by atoms with Gasteiger partial charge in [0.2, 0.25) is 0 Å². The van der Waals surface area contributed by atoms with Gasteiger partial charge in [-0.15, -0.1) is 0 Å². The summed E-state index contributed by atoms with van der Waals surface area (Å²) in [5.41, 5.74) is 0.846. The van der Waals surface area contributed by atoms with Crippen LogP contribution in [0.2, 0.25) is 0 Å². The predicted octanol–water partition coefficient (Wildman–Crippen LogP) is 3.26. The Morgan fingerprint density at radius 2 is 1.69 bits per heavy atom. The third kappa shape index (κ3) is 2.30. The fraction of sp³-hybridized carbons (Fsp3) is 0.385. The summed E-state index contributed by atoms with van der Waals surface area (Å²) in [6.45, 7) is 0. The maximum atomic E-state index is 9.38. The summed E-state index contributed by atoms with van der Waals surface area (Å²) in [7, 11) is 0. The molecule has 16 heavy (non-hydrogen) atoms. The maximum Gasteiger partial charge on any atom is 0.200 e. The van der Waals surface area contributed by atoms with Gasteiger partial charge in [-0.05, 0) is 37.0 Å². The molecule has 3 nitrogen and oxygen atoms in total. The lowest BCUT2D eigenvalue weighted by Gasteiger charge is -2.17. The van der Waals surface area contributed by atoms with Crippen molar-refractivity contribution in [2.24, 2.45) is 0 Å². The van der Waals surface area contributed by atoms with Crippen LogP contribution in [0.1, 0.15) is 38.2 Å². The molecule has 0 spiro atoms. The molecule has 0 fully saturated rings. The van der Waals surface area contributed by atoms with Crippen LogP contribution in [0, 0.1) is 0 Å². The van der Waals surface area contributed by atoms with Gasteiger partial charge >= 0.3 is 0 Å². The SMILES string of the molecule is C.Oc1cc(C2C=CCCC2)cc(O)c1O. The van der Waals surface area contributed by atoms with Gasteiger partial charge in [-0.3, -0.25) is 0 Å². The van der Waals surface area contributed by atoms with Crippen LogP contribution < -0.4 is 0 Å². The van der Waals surface area contributed by atoms with E-state index in [1.807, 2.05) is 0 Å². The first-order valence-corrected chi connectivity index (χ1v) is 5.10. The summed E-state index contributed by atoms with van der Waals surface area (Å²) in [5.74, 6) is -0.734. The lowest BCUT2D eigenvalue weighted by Crippen LogP contribution is -1.98. The minimum absolute atomic E-state index is 0. The molecule has 1 aromatic rings. The highest BCUT2D eigenvalue weighted by Crippen LogP contribution is 2.39. The Labute approximate surface area is 95.7 Å². The summed E-state index contributed by atoms with van der Waals surface area (Å²) in [4.78, 5) is 0. The van der Waals surface area contributed by atoms with Gasteiger partial charge in [0.05, 0.1) is 0 Å². The van der Waals surface area contributed by atoms with Gasteiger partial charge in [0.25, 0.3) is 0 Å². The number of phenols is 3. The van der Waals surface area contributed by atoms with Gasteiger partial charge in [-0.1, -0.05) is 19.6 Å². The number of benzene rings is 1. The number of hydrogen-bond acceptors (Lipinski definition) is 3. The smallest absolute Gasteiger partial charge is 0.200 e. The Bertz CT molecular complexity index is 373. The Morgan fingerprint density at radius 3 is 2.19 bits per heavy atom. The standard InChI is InChI=1S/C12H14O3.CH4/c13-10-6-9(7-11(14)12(10)15)8-4-2-1-3-5-8;/h2,4,6-8,13-15H,1,3,5H2;1H4. The molecule has 2 rings (SSSR count). The topological polar surface area (TPSA) is 60.7 Å². The second-order valence-corrected chi connectivity index (χ2v) is 3.87. The predicted molar refractivity (Wildman–Crippen MR) is 63.9 cm³/mol. The minimum Gasteiger partial charge on any atom is -0.504 e. The monoisotopic (exact) mass is 222 g/mol. The van der Waals surface area contributed by atoms with Gasteiger partial charge in [-0.25, -0.2) is 0 Å². The summed E-state index contributed by atoms with van der Waals surface area (Å²) in [6, 6.07) is 3.02. The summed E-state index contributed by atoms with van der Waals surface area (Å²) >= 11 is 0. The first-order chi connectivity index (χ1) is 7.18. The van der Waals surface area contributed by atoms with Crippen LogP contribution >= 0.6 is 0 Å². The molecule has 0 saturated carbocycles. The van der Waals surface area contributed by atoms with E-state index < -0.39 is 5.75 Å². The molecule has 1 atom stereocenters. The van der Waals surface area contributed by atoms with E-state index in [4.69, 9.17) is 0 Å². The van der Waals surface area contributed by atoms with Crippen molar-refractivity contribution in [2.75, 3.05) is 0 Å². The zero-order chi connectivity index (χ0) is 10.8. The van der Waals surface area contributed by atoms with E-state index in [-0.39, 0.29) is 24.8 Å². The van der Waals surface area contributed by atoms with Crippen LogP contribution in [-0.2, 0) is 0 Å². The number of rotatable bonds is 1. The Hall–Kier alpha value is -1.64. The van der Waals surface area contributed by atoms with Gasteiger partial charge in [0.15, 0.2) is 17.2 Å². The largest absolute Gasteiger partial charge is 0.504 e. The minimum atomic E-state index is -0.446. The van der Waals surface area contributed by atoms with Crippen LogP contribution in [0.15, 0.2) is 24.3 Å². The lowest BCUT2D eigenvalue weighted by molar-refractivity contribution is 0.366. The number of allylic oxidation sites excluding steroid dienone is 2. The first-order valence-electron chi connectivity index (χ1n) is 5.10. The normalized spacial score (nSPS) is 19.1. The fourth-order valence-electron chi connectivity index (χ4n) is 1.93. The van der Waals surface area contributed by atoms with E-state index in [1.54, 1.807) is 0 Å². The highest BCUT2D eigenvalue weighted by Gasteiger charge is 2.15. The molecule has 0 saturated heterocycles. The molecule has 1 unspecified atom stereocenters. The zero-order valence-electron chi connectivity index (χ0n) is 8.35. The molecular weight excluding hydrogens is 204 g/mol. The zero-order valence-corrected chi connectivity index (χ0v) is 8.35. The molecule has 88 valence electrons. The Kier molecular flexibility index (Phi) is 3.82. The Morgan fingerprint density at radius 1 is 1.06 bits per heavy atom. The molecule has 0 aliphatic heterocycles. The van der Waals surface area contributed by atoms with Crippen molar-refractivity contribution in [3.8, 4) is 17.2 Å². The molecule has 3 N–H and O–H groups in total. The quantitative estimate of drug-likeness (QED) is 0.505. The van der Waals surface area contributed by atoms with Crippen molar-refractivity contribution in [3.05, 3.63) is 29.8 Å². The maximum absolute atomic E-state index is 9.38. The van der Waals surface area contributed by atoms with E-state index in [0.717, 1.165) is 24.8 Å². The van der Waals surface area contributed by atoms with Gasteiger partial charge in [0.1, 0.15) is 0 Å². The third-order valence-electron chi connectivity index (χ3n) is 2.77. The molecule has 0 radical (unpaired) electrons. The average Bonchev–Trinajstić information content (AvgIpc) is 2.26. The first kappa shape index (κ1) is 12.4. The van der Waals surface area contributed by atoms with Gasteiger partial charge in [-0.2, -0.15) is 0 Å². The molecule has 3 heteroatoms. The molecule has 0 heterocycles. The molecule has 0 amide bonds. The molecular formula is C13H18O3. The van der Waals surface area contributed by atoms with Crippen molar-refractivity contribution < 1.29 is 15.3 Å². The molecule has 1 aliphatic rings. The highest BCUT2D eigenvalue weighted by molar-refractivity contribution is 5.52. The van der Waals surface area contributed by atoms with E-state index in [9.17, 15) is 15.3 Å². The molecule has 0 aromatic heterocycles. The van der Waals surface area contributed by atoms with Crippen molar-refractivity contribution in [1.29, 1.82) is 0 Å². The average molecular weight is 222 g/mol. The number of aromatic hydroxyl groups is 3. The molecule has 1 aliphatic carbocycles. The van der Waals surface area contributed by atoms with Crippen molar-refractivity contribution >= 4 is 0 Å². The number of phenolic OH excluding ortho intramolecular Hbond substituents is 3. The summed E-state index contributed by atoms with van der Waals surface area (Å²) < 4.78 is 0. The number of hydrogen-bond donors (Lipinski definition) is 3. The molecule has 0 bridgehead atoms. The van der Waals surface area contributed by atoms with Crippen molar-refractivity contribution in [3.63, 3.8) is 0 Å². The lowest BCUT2D eigenvalue weighted by atomic mass is 9.89. The van der Waals surface area contributed by atoms with E-state index in [2.05, 4.69) is 12.2 Å². The fourth-order valence-corrected chi connectivity index (χ4v) is 1.93. The second-order valence-electron chi connectivity index (χ2n) is 3.87. The van der Waals surface area contributed by atoms with Crippen LogP contribution in [0.4, 0.5) is 0 Å². The van der Waals surface area contributed by atoms with Crippen LogP contribution in [0.3, 0.4) is 0 Å². The van der Waals surface area contributed by atoms with E-state index in [1.165, 1.54) is 12.1 Å². The van der Waals surface area contributed by atoms with Crippen LogP contribution in [-0.4, -0.2) is 15.3 Å². The third-order valence-corrected chi connectivity index (χ3v) is 2.77. The van der Waals surface area contributed by atoms with E-state index in [0.29, 0.717) is 0 Å². The summed E-state index contributed by atoms with van der Waals surface area (Å²) in [6.07, 6.45) is 7.40. The Balaban J connectivity index is 0.00000128. The molecule has 1 aromatic carbocycles. The van der Waals surface area contributed by atoms with Crippen LogP contribution in [0.25, 0.3) is 0 Å². The summed E-state index contributed by atoms with van der Waals surface area (Å²) in [5, 5.41) is 28.0. The van der Waals surface area contributed by atoms with Gasteiger partial charge < -0.3 is 15.3 Å².